The van der Waals surface area contributed by atoms with Gasteiger partial charge in [0.25, 0.3) is 5.91 Å². The number of aromatic nitrogens is 1. The number of hydrogen-bond acceptors (Lipinski definition) is 5. The van der Waals surface area contributed by atoms with Crippen molar-refractivity contribution < 1.29 is 14.0 Å². The van der Waals surface area contributed by atoms with Crippen LogP contribution in [0.1, 0.15) is 27.3 Å². The lowest BCUT2D eigenvalue weighted by Gasteiger charge is -2.05. The van der Waals surface area contributed by atoms with Gasteiger partial charge in [-0.2, -0.15) is 0 Å². The summed E-state index contributed by atoms with van der Waals surface area (Å²) in [5.74, 6) is -0.765. The van der Waals surface area contributed by atoms with Crippen molar-refractivity contribution in [3.8, 4) is 0 Å². The molecule has 0 bridgehead atoms. The van der Waals surface area contributed by atoms with E-state index in [9.17, 15) is 14.0 Å². The predicted octanol–water partition coefficient (Wildman–Crippen LogP) is 4.48. The molecular weight excluding hydrogens is 373 g/mol. The first-order valence-electron chi connectivity index (χ1n) is 7.86. The predicted molar refractivity (Wildman–Crippen MR) is 102 cm³/mol. The molecule has 0 radical (unpaired) electrons. The van der Waals surface area contributed by atoms with Crippen molar-refractivity contribution in [1.82, 2.24) is 4.98 Å². The number of halogens is 1. The zero-order valence-corrected chi connectivity index (χ0v) is 15.5. The van der Waals surface area contributed by atoms with Crippen molar-refractivity contribution in [2.24, 2.45) is 0 Å². The number of nitrogens with zero attached hydrogens (tertiary/aromatic N) is 1. The van der Waals surface area contributed by atoms with E-state index < -0.39 is 0 Å². The molecule has 0 unspecified atom stereocenters. The van der Waals surface area contributed by atoms with Gasteiger partial charge in [0.2, 0.25) is 5.91 Å². The second kappa shape index (κ2) is 8.20. The van der Waals surface area contributed by atoms with Crippen molar-refractivity contribution in [3.05, 3.63) is 63.0 Å². The van der Waals surface area contributed by atoms with Gasteiger partial charge in [-0.1, -0.05) is 12.1 Å². The molecule has 3 aromatic rings. The van der Waals surface area contributed by atoms with E-state index in [0.717, 1.165) is 5.69 Å². The third kappa shape index (κ3) is 4.74. The summed E-state index contributed by atoms with van der Waals surface area (Å²) in [4.78, 5) is 28.9. The van der Waals surface area contributed by atoms with Crippen LogP contribution < -0.4 is 10.6 Å². The molecule has 0 saturated carbocycles. The quantitative estimate of drug-likeness (QED) is 0.653. The molecule has 26 heavy (non-hydrogen) atoms. The molecule has 1 aromatic carbocycles. The number of anilines is 2. The van der Waals surface area contributed by atoms with Gasteiger partial charge >= 0.3 is 0 Å². The van der Waals surface area contributed by atoms with Crippen LogP contribution in [0.3, 0.4) is 0 Å². The largest absolute Gasteiger partial charge is 0.326 e. The summed E-state index contributed by atoms with van der Waals surface area (Å²) < 4.78 is 13.5. The Bertz CT molecular complexity index is 922. The van der Waals surface area contributed by atoms with Crippen molar-refractivity contribution in [1.29, 1.82) is 0 Å². The lowest BCUT2D eigenvalue weighted by Crippen LogP contribution is -2.13. The van der Waals surface area contributed by atoms with Gasteiger partial charge in [-0.3, -0.25) is 14.9 Å². The number of nitrogens with one attached hydrogen (secondary N) is 2. The number of amides is 2. The number of aryl methyl sites for hydroxylation is 2. The van der Waals surface area contributed by atoms with Gasteiger partial charge in [0, 0.05) is 17.5 Å². The molecule has 0 fully saturated rings. The summed E-state index contributed by atoms with van der Waals surface area (Å²) in [6.45, 7) is 1.66. The van der Waals surface area contributed by atoms with E-state index in [-0.39, 0.29) is 24.1 Å². The molecule has 0 aliphatic heterocycles. The number of benzene rings is 1. The van der Waals surface area contributed by atoms with E-state index in [0.29, 0.717) is 27.7 Å². The molecule has 0 aliphatic rings. The van der Waals surface area contributed by atoms with Gasteiger partial charge in [-0.15, -0.1) is 22.7 Å². The minimum Gasteiger partial charge on any atom is -0.326 e. The highest BCUT2D eigenvalue weighted by Crippen LogP contribution is 2.19. The van der Waals surface area contributed by atoms with E-state index >= 15 is 0 Å². The molecule has 3 rings (SSSR count). The maximum absolute atomic E-state index is 13.5. The highest BCUT2D eigenvalue weighted by molar-refractivity contribution is 7.14. The third-order valence-corrected chi connectivity index (χ3v) is 5.26. The molecule has 2 amide bonds. The smallest absolute Gasteiger partial charge is 0.267 e. The first-order chi connectivity index (χ1) is 12.5. The maximum Gasteiger partial charge on any atom is 0.267 e. The monoisotopic (exact) mass is 389 g/mol. The van der Waals surface area contributed by atoms with Crippen LogP contribution in [0.2, 0.25) is 0 Å². The second-order valence-electron chi connectivity index (χ2n) is 5.59. The number of carbonyl (C=O) groups is 2. The average molecular weight is 389 g/mol. The first-order valence-corrected chi connectivity index (χ1v) is 9.62. The van der Waals surface area contributed by atoms with E-state index in [1.807, 2.05) is 16.8 Å². The average Bonchev–Trinajstić information content (AvgIpc) is 3.28. The van der Waals surface area contributed by atoms with Crippen LogP contribution in [0.4, 0.5) is 15.2 Å². The molecule has 0 saturated heterocycles. The van der Waals surface area contributed by atoms with E-state index in [4.69, 9.17) is 0 Å². The fourth-order valence-corrected chi connectivity index (χ4v) is 3.54. The fourth-order valence-electron chi connectivity index (χ4n) is 2.18. The second-order valence-corrected chi connectivity index (χ2v) is 7.39. The minimum atomic E-state index is -0.353. The van der Waals surface area contributed by atoms with Gasteiger partial charge in [0.1, 0.15) is 5.82 Å². The van der Waals surface area contributed by atoms with Gasteiger partial charge < -0.3 is 5.32 Å². The Balaban J connectivity index is 1.50. The van der Waals surface area contributed by atoms with Crippen molar-refractivity contribution in [2.75, 3.05) is 10.6 Å². The Hall–Kier alpha value is -2.58. The van der Waals surface area contributed by atoms with Gasteiger partial charge in [0.05, 0.1) is 10.6 Å². The van der Waals surface area contributed by atoms with Crippen LogP contribution in [0, 0.1) is 12.7 Å². The number of rotatable bonds is 6. The molecule has 0 aliphatic carbocycles. The molecule has 2 N–H and O–H groups in total. The molecule has 0 spiro atoms. The Morgan fingerprint density at radius 2 is 2.04 bits per heavy atom. The van der Waals surface area contributed by atoms with E-state index in [2.05, 4.69) is 15.6 Å². The molecule has 2 aromatic heterocycles. The first kappa shape index (κ1) is 18.2. The van der Waals surface area contributed by atoms with Crippen LogP contribution in [0.5, 0.6) is 0 Å². The Morgan fingerprint density at radius 1 is 1.19 bits per heavy atom. The number of hydrogen-bond donors (Lipinski definition) is 2. The number of carbonyl (C=O) groups excluding carboxylic acids is 2. The van der Waals surface area contributed by atoms with Gasteiger partial charge in [-0.05, 0) is 42.5 Å². The highest BCUT2D eigenvalue weighted by Gasteiger charge is 2.11. The van der Waals surface area contributed by atoms with E-state index in [1.165, 1.54) is 28.7 Å². The Kier molecular flexibility index (Phi) is 5.75. The summed E-state index contributed by atoms with van der Waals surface area (Å²) in [6, 6.07) is 8.14. The SMILES string of the molecule is Cc1ccc(NC(=O)CCc2csc(NC(=O)c3cccs3)n2)cc1F. The van der Waals surface area contributed by atoms with Crippen molar-refractivity contribution >= 4 is 45.3 Å². The standard InChI is InChI=1S/C18H16FN3O2S2/c1-11-4-5-12(9-14(11)19)20-16(23)7-6-13-10-26-18(21-13)22-17(24)15-3-2-8-25-15/h2-5,8-10H,6-7H2,1H3,(H,20,23)(H,21,22,24). The summed E-state index contributed by atoms with van der Waals surface area (Å²) in [7, 11) is 0. The Labute approximate surface area is 157 Å². The van der Waals surface area contributed by atoms with Crippen molar-refractivity contribution in [2.45, 2.75) is 19.8 Å². The number of thiazole rings is 1. The summed E-state index contributed by atoms with van der Waals surface area (Å²) in [6.07, 6.45) is 0.656. The lowest BCUT2D eigenvalue weighted by molar-refractivity contribution is -0.116. The molecule has 8 heteroatoms. The third-order valence-electron chi connectivity index (χ3n) is 3.58. The molecule has 5 nitrogen and oxygen atoms in total. The minimum absolute atomic E-state index is 0.194. The van der Waals surface area contributed by atoms with Crippen LogP contribution >= 0.6 is 22.7 Å². The highest BCUT2D eigenvalue weighted by atomic mass is 32.1. The summed E-state index contributed by atoms with van der Waals surface area (Å²) in [5.41, 5.74) is 1.68. The van der Waals surface area contributed by atoms with E-state index in [1.54, 1.807) is 25.1 Å². The Morgan fingerprint density at radius 3 is 2.77 bits per heavy atom. The zero-order valence-electron chi connectivity index (χ0n) is 13.9. The van der Waals surface area contributed by atoms with Gasteiger partial charge in [-0.25, -0.2) is 9.37 Å². The lowest BCUT2D eigenvalue weighted by atomic mass is 10.2. The normalized spacial score (nSPS) is 10.5. The molecule has 134 valence electrons. The molecular formula is C18H16FN3O2S2. The van der Waals surface area contributed by atoms with Gasteiger partial charge in [0.15, 0.2) is 5.13 Å². The topological polar surface area (TPSA) is 71.1 Å². The van der Waals surface area contributed by atoms with Crippen LogP contribution in [0.15, 0.2) is 41.1 Å². The van der Waals surface area contributed by atoms with Crippen LogP contribution in [-0.4, -0.2) is 16.8 Å². The maximum atomic E-state index is 13.5. The fraction of sp³-hybridized carbons (Fsp3) is 0.167. The summed E-state index contributed by atoms with van der Waals surface area (Å²) in [5, 5.41) is 9.55. The summed E-state index contributed by atoms with van der Waals surface area (Å²) >= 11 is 2.67. The van der Waals surface area contributed by atoms with Crippen LogP contribution in [-0.2, 0) is 11.2 Å². The molecule has 2 heterocycles. The van der Waals surface area contributed by atoms with Crippen LogP contribution in [0.25, 0.3) is 0 Å². The number of thiophene rings is 1. The van der Waals surface area contributed by atoms with Crippen molar-refractivity contribution in [3.63, 3.8) is 0 Å². The zero-order chi connectivity index (χ0) is 18.5. The molecule has 0 atom stereocenters.